The van der Waals surface area contributed by atoms with E-state index in [4.69, 9.17) is 9.97 Å². The van der Waals surface area contributed by atoms with Crippen LogP contribution in [0.4, 0.5) is 5.82 Å². The Hall–Kier alpha value is -3.14. The van der Waals surface area contributed by atoms with Crippen LogP contribution >= 0.6 is 0 Å². The fraction of sp³-hybridized carbons (Fsp3) is 0.419. The second-order valence-corrected chi connectivity index (χ2v) is 10.7. The molecule has 2 aromatic carbocycles. The van der Waals surface area contributed by atoms with E-state index in [9.17, 15) is 0 Å². The van der Waals surface area contributed by atoms with Gasteiger partial charge in [0.25, 0.3) is 0 Å². The molecule has 182 valence electrons. The van der Waals surface area contributed by atoms with Crippen molar-refractivity contribution in [2.45, 2.75) is 78.9 Å². The van der Waals surface area contributed by atoms with Gasteiger partial charge in [0.1, 0.15) is 11.3 Å². The quantitative estimate of drug-likeness (QED) is 0.273. The molecule has 0 saturated carbocycles. The Morgan fingerprint density at radius 2 is 1.40 bits per heavy atom. The minimum Gasteiger partial charge on any atom is -0.346 e. The van der Waals surface area contributed by atoms with Gasteiger partial charge in [0, 0.05) is 31.2 Å². The predicted octanol–water partition coefficient (Wildman–Crippen LogP) is 7.30. The van der Waals surface area contributed by atoms with E-state index in [1.54, 1.807) is 0 Å². The second kappa shape index (κ2) is 10.2. The molecule has 0 unspecified atom stereocenters. The number of pyridine rings is 1. The molecular weight excluding hydrogens is 428 g/mol. The molecule has 0 radical (unpaired) electrons. The third kappa shape index (κ3) is 4.98. The summed E-state index contributed by atoms with van der Waals surface area (Å²) in [5.41, 5.74) is 7.73. The normalized spacial score (nSPS) is 13.5. The van der Waals surface area contributed by atoms with Crippen molar-refractivity contribution in [1.29, 1.82) is 0 Å². The molecule has 4 aromatic rings. The number of imidazole rings is 1. The monoisotopic (exact) mass is 466 g/mol. The highest BCUT2D eigenvalue weighted by atomic mass is 15.2. The topological polar surface area (TPSA) is 34.0 Å². The van der Waals surface area contributed by atoms with Crippen LogP contribution in [0.5, 0.6) is 0 Å². The van der Waals surface area contributed by atoms with Gasteiger partial charge in [-0.05, 0) is 48.3 Å². The molecule has 0 fully saturated rings. The Balaban J connectivity index is 1.72. The Labute approximate surface area is 210 Å². The molecule has 2 heterocycles. The summed E-state index contributed by atoms with van der Waals surface area (Å²) in [5, 5.41) is 0. The standard InChI is InChI=1S/C31H38N4/c1-22(2)19-35-29-26-17-11-12-18-27(26)32-31(28(29)33-30(35)23(3)4)34(20-24-13-7-5-8-14-24)21-25-15-9-6-10-16-25/h5-10,13-16,22-23H,11-12,17-21H2,1-4H3. The molecule has 0 spiro atoms. The Morgan fingerprint density at radius 1 is 0.800 bits per heavy atom. The average Bonchev–Trinajstić information content (AvgIpc) is 3.24. The number of aryl methyl sites for hydroxylation is 2. The summed E-state index contributed by atoms with van der Waals surface area (Å²) in [6, 6.07) is 21.5. The molecule has 0 atom stereocenters. The van der Waals surface area contributed by atoms with Crippen molar-refractivity contribution >= 4 is 16.9 Å². The molecular formula is C31H38N4. The zero-order valence-electron chi connectivity index (χ0n) is 21.7. The fourth-order valence-corrected chi connectivity index (χ4v) is 5.41. The van der Waals surface area contributed by atoms with Crippen molar-refractivity contribution in [3.8, 4) is 0 Å². The van der Waals surface area contributed by atoms with Crippen LogP contribution in [-0.4, -0.2) is 14.5 Å². The third-order valence-electron chi connectivity index (χ3n) is 6.97. The molecule has 5 rings (SSSR count). The summed E-state index contributed by atoms with van der Waals surface area (Å²) >= 11 is 0. The Kier molecular flexibility index (Phi) is 6.90. The van der Waals surface area contributed by atoms with Crippen molar-refractivity contribution in [2.75, 3.05) is 4.90 Å². The molecule has 0 saturated heterocycles. The Morgan fingerprint density at radius 3 is 1.97 bits per heavy atom. The summed E-state index contributed by atoms with van der Waals surface area (Å²) in [5.74, 6) is 3.16. The maximum atomic E-state index is 5.38. The van der Waals surface area contributed by atoms with Gasteiger partial charge in [0.05, 0.1) is 5.52 Å². The summed E-state index contributed by atoms with van der Waals surface area (Å²) < 4.78 is 2.53. The molecule has 0 N–H and O–H groups in total. The van der Waals surface area contributed by atoms with Crippen LogP contribution in [-0.2, 0) is 32.5 Å². The molecule has 4 heteroatoms. The first-order valence-corrected chi connectivity index (χ1v) is 13.3. The van der Waals surface area contributed by atoms with Gasteiger partial charge in [-0.15, -0.1) is 0 Å². The molecule has 0 aliphatic heterocycles. The van der Waals surface area contributed by atoms with E-state index in [1.807, 2.05) is 0 Å². The maximum absolute atomic E-state index is 5.38. The molecule has 0 bridgehead atoms. The summed E-state index contributed by atoms with van der Waals surface area (Å²) in [6.45, 7) is 11.8. The van der Waals surface area contributed by atoms with Crippen molar-refractivity contribution in [3.05, 3.63) is 88.9 Å². The van der Waals surface area contributed by atoms with E-state index >= 15 is 0 Å². The van der Waals surface area contributed by atoms with E-state index in [0.717, 1.165) is 43.8 Å². The lowest BCUT2D eigenvalue weighted by Crippen LogP contribution is -2.25. The smallest absolute Gasteiger partial charge is 0.157 e. The zero-order chi connectivity index (χ0) is 24.4. The first kappa shape index (κ1) is 23.6. The number of rotatable bonds is 8. The molecule has 0 amide bonds. The van der Waals surface area contributed by atoms with Crippen LogP contribution in [0.1, 0.15) is 74.7 Å². The number of nitrogens with zero attached hydrogens (tertiary/aromatic N) is 4. The number of fused-ring (bicyclic) bond motifs is 3. The highest BCUT2D eigenvalue weighted by Gasteiger charge is 2.27. The van der Waals surface area contributed by atoms with Crippen LogP contribution < -0.4 is 4.90 Å². The summed E-state index contributed by atoms with van der Waals surface area (Å²) in [4.78, 5) is 13.2. The van der Waals surface area contributed by atoms with Crippen molar-refractivity contribution in [2.24, 2.45) is 5.92 Å². The number of hydrogen-bond acceptors (Lipinski definition) is 3. The minimum atomic E-state index is 0.366. The van der Waals surface area contributed by atoms with Crippen molar-refractivity contribution < 1.29 is 0 Å². The average molecular weight is 467 g/mol. The van der Waals surface area contributed by atoms with Crippen LogP contribution in [0, 0.1) is 5.92 Å². The first-order chi connectivity index (χ1) is 17.0. The van der Waals surface area contributed by atoms with Gasteiger partial charge in [-0.1, -0.05) is 88.4 Å². The Bertz CT molecular complexity index is 1230. The fourth-order valence-electron chi connectivity index (χ4n) is 5.41. The third-order valence-corrected chi connectivity index (χ3v) is 6.97. The predicted molar refractivity (Wildman–Crippen MR) is 146 cm³/mol. The van der Waals surface area contributed by atoms with Gasteiger partial charge in [-0.3, -0.25) is 0 Å². The molecule has 4 nitrogen and oxygen atoms in total. The lowest BCUT2D eigenvalue weighted by atomic mass is 9.94. The van der Waals surface area contributed by atoms with E-state index in [2.05, 4.69) is 97.8 Å². The van der Waals surface area contributed by atoms with E-state index < -0.39 is 0 Å². The van der Waals surface area contributed by atoms with Gasteiger partial charge in [-0.25, -0.2) is 9.97 Å². The SMILES string of the molecule is CC(C)Cn1c(C(C)C)nc2c(N(Cc3ccccc3)Cc3ccccc3)nc3c(c21)CCCC3. The van der Waals surface area contributed by atoms with Crippen molar-refractivity contribution in [1.82, 2.24) is 14.5 Å². The van der Waals surface area contributed by atoms with Gasteiger partial charge in [0.2, 0.25) is 0 Å². The van der Waals surface area contributed by atoms with Crippen LogP contribution in [0.2, 0.25) is 0 Å². The second-order valence-electron chi connectivity index (χ2n) is 10.7. The number of benzene rings is 2. The molecule has 2 aromatic heterocycles. The summed E-state index contributed by atoms with van der Waals surface area (Å²) in [6.07, 6.45) is 4.63. The molecule has 35 heavy (non-hydrogen) atoms. The highest BCUT2D eigenvalue weighted by Crippen LogP contribution is 2.37. The number of hydrogen-bond donors (Lipinski definition) is 0. The number of aromatic nitrogens is 3. The summed E-state index contributed by atoms with van der Waals surface area (Å²) in [7, 11) is 0. The van der Waals surface area contributed by atoms with Gasteiger partial charge < -0.3 is 9.47 Å². The van der Waals surface area contributed by atoms with E-state index in [0.29, 0.717) is 11.8 Å². The lowest BCUT2D eigenvalue weighted by molar-refractivity contribution is 0.506. The van der Waals surface area contributed by atoms with Crippen LogP contribution in [0.25, 0.3) is 11.0 Å². The van der Waals surface area contributed by atoms with Gasteiger partial charge >= 0.3 is 0 Å². The van der Waals surface area contributed by atoms with Crippen LogP contribution in [0.3, 0.4) is 0 Å². The van der Waals surface area contributed by atoms with Gasteiger partial charge in [-0.2, -0.15) is 0 Å². The van der Waals surface area contributed by atoms with Crippen molar-refractivity contribution in [3.63, 3.8) is 0 Å². The van der Waals surface area contributed by atoms with Crippen LogP contribution in [0.15, 0.2) is 60.7 Å². The molecule has 1 aliphatic rings. The zero-order valence-corrected chi connectivity index (χ0v) is 21.7. The lowest BCUT2D eigenvalue weighted by Gasteiger charge is -2.27. The van der Waals surface area contributed by atoms with Gasteiger partial charge in [0.15, 0.2) is 5.82 Å². The maximum Gasteiger partial charge on any atom is 0.157 e. The number of anilines is 1. The largest absolute Gasteiger partial charge is 0.346 e. The molecule has 1 aliphatic carbocycles. The van der Waals surface area contributed by atoms with E-state index in [1.165, 1.54) is 46.6 Å². The minimum absolute atomic E-state index is 0.366. The first-order valence-electron chi connectivity index (χ1n) is 13.3. The van der Waals surface area contributed by atoms with E-state index in [-0.39, 0.29) is 0 Å². The highest BCUT2D eigenvalue weighted by molar-refractivity contribution is 5.90.